The molecular weight excluding hydrogens is 212 g/mol. The molecule has 0 unspecified atom stereocenters. The van der Waals surface area contributed by atoms with Crippen molar-refractivity contribution in [1.82, 2.24) is 0 Å². The molecule has 1 aromatic rings. The van der Waals surface area contributed by atoms with Crippen LogP contribution in [0, 0.1) is 0 Å². The largest absolute Gasteiger partial charge is 0.465 e. The van der Waals surface area contributed by atoms with E-state index in [9.17, 15) is 4.79 Å². The highest BCUT2D eigenvalue weighted by molar-refractivity contribution is 5.89. The molecule has 0 atom stereocenters. The summed E-state index contributed by atoms with van der Waals surface area (Å²) in [5.74, 6) is 0.432. The first-order valence-corrected chi connectivity index (χ1v) is 6.49. The second kappa shape index (κ2) is 5.85. The summed E-state index contributed by atoms with van der Waals surface area (Å²) in [6.45, 7) is 0. The predicted molar refractivity (Wildman–Crippen MR) is 68.2 cm³/mol. The van der Waals surface area contributed by atoms with E-state index in [1.165, 1.54) is 51.2 Å². The smallest absolute Gasteiger partial charge is 0.337 e. The summed E-state index contributed by atoms with van der Waals surface area (Å²) in [6, 6.07) is 7.93. The van der Waals surface area contributed by atoms with Crippen LogP contribution in [-0.4, -0.2) is 13.1 Å². The zero-order valence-corrected chi connectivity index (χ0v) is 10.4. The van der Waals surface area contributed by atoms with Crippen LogP contribution in [0.15, 0.2) is 24.3 Å². The number of ether oxygens (including phenoxy) is 1. The lowest BCUT2D eigenvalue weighted by atomic mass is 9.91. The van der Waals surface area contributed by atoms with Gasteiger partial charge in [-0.1, -0.05) is 37.8 Å². The fraction of sp³-hybridized carbons (Fsp3) is 0.533. The molecule has 1 saturated carbocycles. The molecule has 1 aliphatic rings. The van der Waals surface area contributed by atoms with E-state index in [1.807, 2.05) is 12.1 Å². The minimum absolute atomic E-state index is 0.252. The summed E-state index contributed by atoms with van der Waals surface area (Å²) in [6.07, 6.45) is 8.00. The van der Waals surface area contributed by atoms with E-state index in [0.717, 1.165) is 0 Å². The van der Waals surface area contributed by atoms with Crippen molar-refractivity contribution in [2.75, 3.05) is 7.11 Å². The number of carbonyl (C=O) groups excluding carboxylic acids is 1. The van der Waals surface area contributed by atoms with Crippen LogP contribution in [0.2, 0.25) is 0 Å². The molecule has 0 saturated heterocycles. The fourth-order valence-corrected chi connectivity index (χ4v) is 2.62. The molecular formula is C15H20O2. The van der Waals surface area contributed by atoms with Crippen LogP contribution in [0.5, 0.6) is 0 Å². The van der Waals surface area contributed by atoms with E-state index in [1.54, 1.807) is 0 Å². The molecule has 17 heavy (non-hydrogen) atoms. The van der Waals surface area contributed by atoms with Gasteiger partial charge >= 0.3 is 5.97 Å². The summed E-state index contributed by atoms with van der Waals surface area (Å²) < 4.78 is 4.70. The van der Waals surface area contributed by atoms with Crippen LogP contribution < -0.4 is 0 Å². The second-order valence-electron chi connectivity index (χ2n) is 4.80. The van der Waals surface area contributed by atoms with Crippen LogP contribution in [0.1, 0.15) is 60.4 Å². The lowest BCUT2D eigenvalue weighted by Crippen LogP contribution is -2.02. The molecule has 0 aromatic heterocycles. The van der Waals surface area contributed by atoms with Gasteiger partial charge in [0.1, 0.15) is 0 Å². The summed E-state index contributed by atoms with van der Waals surface area (Å²) in [5, 5.41) is 0. The Morgan fingerprint density at radius 3 is 2.18 bits per heavy atom. The molecule has 0 spiro atoms. The SMILES string of the molecule is COC(=O)c1ccc(C2CCCCCC2)cc1. The molecule has 1 fully saturated rings. The summed E-state index contributed by atoms with van der Waals surface area (Å²) in [7, 11) is 1.42. The highest BCUT2D eigenvalue weighted by Crippen LogP contribution is 2.31. The Kier molecular flexibility index (Phi) is 4.18. The van der Waals surface area contributed by atoms with Gasteiger partial charge in [0.15, 0.2) is 0 Å². The molecule has 0 heterocycles. The van der Waals surface area contributed by atoms with Gasteiger partial charge in [-0.15, -0.1) is 0 Å². The fourth-order valence-electron chi connectivity index (χ4n) is 2.62. The molecule has 0 amide bonds. The molecule has 92 valence electrons. The Balaban J connectivity index is 2.08. The van der Waals surface area contributed by atoms with E-state index in [-0.39, 0.29) is 5.97 Å². The number of rotatable bonds is 2. The quantitative estimate of drug-likeness (QED) is 0.571. The number of benzene rings is 1. The van der Waals surface area contributed by atoms with E-state index in [4.69, 9.17) is 4.74 Å². The van der Waals surface area contributed by atoms with E-state index in [2.05, 4.69) is 12.1 Å². The Labute approximate surface area is 103 Å². The maximum atomic E-state index is 11.3. The van der Waals surface area contributed by atoms with Crippen molar-refractivity contribution in [3.05, 3.63) is 35.4 Å². The average molecular weight is 232 g/mol. The maximum absolute atomic E-state index is 11.3. The first-order valence-electron chi connectivity index (χ1n) is 6.49. The zero-order valence-electron chi connectivity index (χ0n) is 10.4. The molecule has 0 radical (unpaired) electrons. The second-order valence-corrected chi connectivity index (χ2v) is 4.80. The number of carbonyl (C=O) groups is 1. The number of hydrogen-bond donors (Lipinski definition) is 0. The molecule has 1 aliphatic carbocycles. The van der Waals surface area contributed by atoms with Crippen molar-refractivity contribution in [2.45, 2.75) is 44.4 Å². The van der Waals surface area contributed by atoms with Gasteiger partial charge in [-0.05, 0) is 36.5 Å². The number of esters is 1. The summed E-state index contributed by atoms with van der Waals surface area (Å²) in [4.78, 5) is 11.3. The van der Waals surface area contributed by atoms with Gasteiger partial charge in [-0.25, -0.2) is 4.79 Å². The van der Waals surface area contributed by atoms with Crippen molar-refractivity contribution in [2.24, 2.45) is 0 Å². The van der Waals surface area contributed by atoms with Crippen molar-refractivity contribution in [1.29, 1.82) is 0 Å². The Bertz CT molecular complexity index is 359. The topological polar surface area (TPSA) is 26.3 Å². The van der Waals surface area contributed by atoms with Crippen LogP contribution in [0.3, 0.4) is 0 Å². The molecule has 2 rings (SSSR count). The van der Waals surface area contributed by atoms with Crippen LogP contribution >= 0.6 is 0 Å². The standard InChI is InChI=1S/C15H20O2/c1-17-15(16)14-10-8-13(9-11-14)12-6-4-2-3-5-7-12/h8-12H,2-7H2,1H3. The molecule has 0 aliphatic heterocycles. The molecule has 0 bridgehead atoms. The third kappa shape index (κ3) is 3.09. The minimum atomic E-state index is -0.252. The van der Waals surface area contributed by atoms with Gasteiger partial charge in [0.05, 0.1) is 12.7 Å². The van der Waals surface area contributed by atoms with Gasteiger partial charge in [0.25, 0.3) is 0 Å². The molecule has 2 nitrogen and oxygen atoms in total. The molecule has 2 heteroatoms. The van der Waals surface area contributed by atoms with Gasteiger partial charge in [-0.2, -0.15) is 0 Å². The monoisotopic (exact) mass is 232 g/mol. The number of hydrogen-bond acceptors (Lipinski definition) is 2. The van der Waals surface area contributed by atoms with Gasteiger partial charge in [0.2, 0.25) is 0 Å². The highest BCUT2D eigenvalue weighted by atomic mass is 16.5. The normalized spacial score (nSPS) is 17.5. The molecule has 1 aromatic carbocycles. The Hall–Kier alpha value is -1.31. The average Bonchev–Trinajstić information content (AvgIpc) is 2.67. The number of methoxy groups -OCH3 is 1. The van der Waals surface area contributed by atoms with Crippen molar-refractivity contribution in [3.8, 4) is 0 Å². The van der Waals surface area contributed by atoms with Gasteiger partial charge in [0, 0.05) is 0 Å². The van der Waals surface area contributed by atoms with E-state index < -0.39 is 0 Å². The van der Waals surface area contributed by atoms with Crippen LogP contribution in [-0.2, 0) is 4.74 Å². The summed E-state index contributed by atoms with van der Waals surface area (Å²) >= 11 is 0. The van der Waals surface area contributed by atoms with Crippen molar-refractivity contribution in [3.63, 3.8) is 0 Å². The lowest BCUT2D eigenvalue weighted by molar-refractivity contribution is 0.0600. The van der Waals surface area contributed by atoms with E-state index in [0.29, 0.717) is 11.5 Å². The van der Waals surface area contributed by atoms with Crippen LogP contribution in [0.25, 0.3) is 0 Å². The third-order valence-electron chi connectivity index (χ3n) is 3.66. The highest BCUT2D eigenvalue weighted by Gasteiger charge is 2.14. The van der Waals surface area contributed by atoms with Gasteiger partial charge in [-0.3, -0.25) is 0 Å². The first kappa shape index (κ1) is 12.2. The zero-order chi connectivity index (χ0) is 12.1. The Morgan fingerprint density at radius 2 is 1.65 bits per heavy atom. The van der Waals surface area contributed by atoms with E-state index >= 15 is 0 Å². The minimum Gasteiger partial charge on any atom is -0.465 e. The maximum Gasteiger partial charge on any atom is 0.337 e. The van der Waals surface area contributed by atoms with Crippen molar-refractivity contribution >= 4 is 5.97 Å². The predicted octanol–water partition coefficient (Wildman–Crippen LogP) is 3.91. The molecule has 0 N–H and O–H groups in total. The van der Waals surface area contributed by atoms with Gasteiger partial charge < -0.3 is 4.74 Å². The van der Waals surface area contributed by atoms with Crippen LogP contribution in [0.4, 0.5) is 0 Å². The Morgan fingerprint density at radius 1 is 1.06 bits per heavy atom. The van der Waals surface area contributed by atoms with Crippen molar-refractivity contribution < 1.29 is 9.53 Å². The first-order chi connectivity index (χ1) is 8.31. The third-order valence-corrected chi connectivity index (χ3v) is 3.66. The summed E-state index contributed by atoms with van der Waals surface area (Å²) in [5.41, 5.74) is 2.02. The lowest BCUT2D eigenvalue weighted by Gasteiger charge is -2.14.